The van der Waals surface area contributed by atoms with Crippen molar-refractivity contribution >= 4 is 28.4 Å². The van der Waals surface area contributed by atoms with Crippen LogP contribution in [0.4, 0.5) is 11.5 Å². The first-order chi connectivity index (χ1) is 12.7. The molecule has 0 radical (unpaired) electrons. The molecule has 0 spiro atoms. The molecule has 0 amide bonds. The summed E-state index contributed by atoms with van der Waals surface area (Å²) in [6.07, 6.45) is 0. The minimum absolute atomic E-state index is 0. The van der Waals surface area contributed by atoms with Gasteiger partial charge in [-0.3, -0.25) is 0 Å². The Morgan fingerprint density at radius 2 is 1.59 bits per heavy atom. The molecule has 2 N–H and O–H groups in total. The van der Waals surface area contributed by atoms with E-state index in [1.54, 1.807) is 18.2 Å². The van der Waals surface area contributed by atoms with E-state index in [0.29, 0.717) is 17.3 Å². The maximum Gasteiger partial charge on any atom is 0.335 e. The van der Waals surface area contributed by atoms with Gasteiger partial charge in [0, 0.05) is 16.6 Å². The first-order valence-corrected chi connectivity index (χ1v) is 8.13. The number of anilines is 2. The van der Waals surface area contributed by atoms with Crippen molar-refractivity contribution in [2.75, 3.05) is 5.32 Å². The number of fused-ring (bicyclic) bond motifs is 1. The number of nitrogens with one attached hydrogen (secondary N) is 1. The van der Waals surface area contributed by atoms with Crippen LogP contribution >= 0.6 is 0 Å². The summed E-state index contributed by atoms with van der Waals surface area (Å²) in [7, 11) is 0. The van der Waals surface area contributed by atoms with E-state index in [4.69, 9.17) is 0 Å². The molecule has 0 saturated carbocycles. The molecule has 5 nitrogen and oxygen atoms in total. The molecule has 0 aliphatic carbocycles. The second-order valence-corrected chi connectivity index (χ2v) is 5.79. The normalized spacial score (nSPS) is 10.2. The van der Waals surface area contributed by atoms with E-state index in [-0.39, 0.29) is 18.0 Å². The Kier molecular flexibility index (Phi) is 5.33. The molecular weight excluding hydrogens is 362 g/mol. The number of carboxylic acids is 1. The van der Waals surface area contributed by atoms with Gasteiger partial charge in [0.1, 0.15) is 5.82 Å². The van der Waals surface area contributed by atoms with Crippen LogP contribution in [0.5, 0.6) is 0 Å². The van der Waals surface area contributed by atoms with E-state index in [9.17, 15) is 9.90 Å². The van der Waals surface area contributed by atoms with Gasteiger partial charge in [0.05, 0.1) is 11.1 Å². The maximum absolute atomic E-state index is 11.2. The lowest BCUT2D eigenvalue weighted by molar-refractivity contribution is -0.0000206. The zero-order chi connectivity index (χ0) is 17.9. The smallest absolute Gasteiger partial charge is 0.335 e. The first-order valence-electron chi connectivity index (χ1n) is 8.13. The molecule has 0 aliphatic heterocycles. The van der Waals surface area contributed by atoms with Crippen LogP contribution in [0, 0.1) is 0 Å². The van der Waals surface area contributed by atoms with Gasteiger partial charge < -0.3 is 22.8 Å². The van der Waals surface area contributed by atoms with Gasteiger partial charge in [-0.25, -0.2) is 14.8 Å². The predicted molar refractivity (Wildman–Crippen MR) is 102 cm³/mol. The van der Waals surface area contributed by atoms with Gasteiger partial charge in [-0.2, -0.15) is 0 Å². The van der Waals surface area contributed by atoms with Gasteiger partial charge in [0.25, 0.3) is 0 Å². The van der Waals surface area contributed by atoms with Crippen LogP contribution in [-0.2, 0) is 0 Å². The highest BCUT2D eigenvalue weighted by atomic mass is 35.5. The van der Waals surface area contributed by atoms with E-state index < -0.39 is 5.97 Å². The molecule has 1 aromatic heterocycles. The van der Waals surface area contributed by atoms with Gasteiger partial charge in [0.2, 0.25) is 0 Å². The van der Waals surface area contributed by atoms with E-state index >= 15 is 0 Å². The molecule has 0 bridgehead atoms. The highest BCUT2D eigenvalue weighted by molar-refractivity contribution is 5.93. The quantitative estimate of drug-likeness (QED) is 0.567. The standard InChI is InChI=1S/C21H15N3O2.ClH/c25-21(26)15-9-6-10-16(13-15)22-20-17-11-4-5-12-18(17)23-19(24-20)14-7-2-1-3-8-14;/h1-13H,(H,25,26)(H,22,23,24);1H/p-1. The van der Waals surface area contributed by atoms with Crippen molar-refractivity contribution in [1.82, 2.24) is 9.97 Å². The summed E-state index contributed by atoms with van der Waals surface area (Å²) in [5, 5.41) is 13.3. The number of carbonyl (C=O) groups is 1. The molecule has 0 unspecified atom stereocenters. The van der Waals surface area contributed by atoms with Gasteiger partial charge in [-0.05, 0) is 30.3 Å². The number of para-hydroxylation sites is 1. The fraction of sp³-hybridized carbons (Fsp3) is 0. The van der Waals surface area contributed by atoms with Crippen molar-refractivity contribution in [1.29, 1.82) is 0 Å². The van der Waals surface area contributed by atoms with Gasteiger partial charge in [0.15, 0.2) is 5.82 Å². The Hall–Kier alpha value is -3.44. The van der Waals surface area contributed by atoms with Crippen LogP contribution in [0.15, 0.2) is 78.9 Å². The fourth-order valence-electron chi connectivity index (χ4n) is 2.75. The number of benzene rings is 3. The number of aromatic nitrogens is 2. The summed E-state index contributed by atoms with van der Waals surface area (Å²) in [6, 6.07) is 24.1. The summed E-state index contributed by atoms with van der Waals surface area (Å²) < 4.78 is 0. The Morgan fingerprint density at radius 1 is 0.852 bits per heavy atom. The summed E-state index contributed by atoms with van der Waals surface area (Å²) in [5.41, 5.74) is 2.61. The number of rotatable bonds is 4. The van der Waals surface area contributed by atoms with Crippen LogP contribution < -0.4 is 17.7 Å². The molecule has 4 aromatic rings. The molecule has 0 atom stereocenters. The van der Waals surface area contributed by atoms with Crippen molar-refractivity contribution in [3.63, 3.8) is 0 Å². The minimum atomic E-state index is -0.967. The summed E-state index contributed by atoms with van der Waals surface area (Å²) in [5.74, 6) is 0.282. The minimum Gasteiger partial charge on any atom is -1.00 e. The number of hydrogen-bond acceptors (Lipinski definition) is 4. The Balaban J connectivity index is 0.00000210. The van der Waals surface area contributed by atoms with Crippen molar-refractivity contribution in [3.8, 4) is 11.4 Å². The fourth-order valence-corrected chi connectivity index (χ4v) is 2.75. The highest BCUT2D eigenvalue weighted by Gasteiger charge is 2.10. The topological polar surface area (TPSA) is 75.1 Å². The second kappa shape index (κ2) is 7.85. The van der Waals surface area contributed by atoms with Crippen LogP contribution in [0.3, 0.4) is 0 Å². The van der Waals surface area contributed by atoms with Crippen molar-refractivity contribution in [2.24, 2.45) is 0 Å². The third kappa shape index (κ3) is 3.88. The second-order valence-electron chi connectivity index (χ2n) is 5.79. The lowest BCUT2D eigenvalue weighted by atomic mass is 10.1. The zero-order valence-corrected chi connectivity index (χ0v) is 14.9. The first kappa shape index (κ1) is 18.4. The number of nitrogens with zero attached hydrogens (tertiary/aromatic N) is 2. The monoisotopic (exact) mass is 376 g/mol. The molecule has 6 heteroatoms. The largest absolute Gasteiger partial charge is 1.00 e. The molecular formula is C21H15ClN3O2-. The number of halogens is 1. The summed E-state index contributed by atoms with van der Waals surface area (Å²) in [6.45, 7) is 0. The van der Waals surface area contributed by atoms with Crippen molar-refractivity contribution in [3.05, 3.63) is 84.4 Å². The number of hydrogen-bond donors (Lipinski definition) is 2. The summed E-state index contributed by atoms with van der Waals surface area (Å²) >= 11 is 0. The molecule has 0 aliphatic rings. The molecule has 27 heavy (non-hydrogen) atoms. The Morgan fingerprint density at radius 3 is 2.37 bits per heavy atom. The number of aromatic carboxylic acids is 1. The Bertz CT molecular complexity index is 1100. The Labute approximate surface area is 162 Å². The van der Waals surface area contributed by atoms with Crippen LogP contribution in [0.2, 0.25) is 0 Å². The van der Waals surface area contributed by atoms with Crippen molar-refractivity contribution in [2.45, 2.75) is 0 Å². The molecule has 134 valence electrons. The molecule has 0 fully saturated rings. The van der Waals surface area contributed by atoms with Crippen molar-refractivity contribution < 1.29 is 22.3 Å². The summed E-state index contributed by atoms with van der Waals surface area (Å²) in [4.78, 5) is 20.5. The SMILES string of the molecule is O=C(O)c1cccc(Nc2nc(-c3ccccc3)nc3ccccc23)c1.[Cl-]. The van der Waals surface area contributed by atoms with Gasteiger partial charge in [-0.1, -0.05) is 48.5 Å². The van der Waals surface area contributed by atoms with Crippen LogP contribution in [0.25, 0.3) is 22.3 Å². The van der Waals surface area contributed by atoms with Crippen LogP contribution in [0.1, 0.15) is 10.4 Å². The average Bonchev–Trinajstić information content (AvgIpc) is 2.69. The van der Waals surface area contributed by atoms with E-state index in [1.807, 2.05) is 60.7 Å². The van der Waals surface area contributed by atoms with E-state index in [1.165, 1.54) is 0 Å². The van der Waals surface area contributed by atoms with Gasteiger partial charge >= 0.3 is 5.97 Å². The van der Waals surface area contributed by atoms with E-state index in [2.05, 4.69) is 15.3 Å². The molecule has 4 rings (SSSR count). The number of carboxylic acid groups (broad SMARTS) is 1. The third-order valence-electron chi connectivity index (χ3n) is 4.01. The van der Waals surface area contributed by atoms with Crippen LogP contribution in [-0.4, -0.2) is 21.0 Å². The highest BCUT2D eigenvalue weighted by Crippen LogP contribution is 2.27. The lowest BCUT2D eigenvalue weighted by Gasteiger charge is -2.11. The molecule has 3 aromatic carbocycles. The van der Waals surface area contributed by atoms with E-state index in [0.717, 1.165) is 16.5 Å². The lowest BCUT2D eigenvalue weighted by Crippen LogP contribution is -3.00. The molecule has 1 heterocycles. The average molecular weight is 377 g/mol. The molecule has 0 saturated heterocycles. The third-order valence-corrected chi connectivity index (χ3v) is 4.01. The predicted octanol–water partition coefficient (Wildman–Crippen LogP) is 1.74. The zero-order valence-electron chi connectivity index (χ0n) is 14.1. The van der Waals surface area contributed by atoms with Gasteiger partial charge in [-0.15, -0.1) is 0 Å². The maximum atomic E-state index is 11.2.